The maximum absolute atomic E-state index is 9.93. The summed E-state index contributed by atoms with van der Waals surface area (Å²) in [5, 5.41) is 9.93. The SMILES string of the molecule is CC(C)c1cc(Cc2ccccc2O)cc(C(C)C)c1. The van der Waals surface area contributed by atoms with Gasteiger partial charge in [-0.05, 0) is 40.2 Å². The minimum atomic E-state index is 0.383. The van der Waals surface area contributed by atoms with Crippen molar-refractivity contribution in [1.82, 2.24) is 0 Å². The molecule has 1 heteroatoms. The largest absolute Gasteiger partial charge is 0.508 e. The van der Waals surface area contributed by atoms with Crippen LogP contribution in [0.2, 0.25) is 0 Å². The van der Waals surface area contributed by atoms with Gasteiger partial charge in [0.25, 0.3) is 0 Å². The van der Waals surface area contributed by atoms with Crippen molar-refractivity contribution in [3.63, 3.8) is 0 Å². The van der Waals surface area contributed by atoms with Crippen LogP contribution in [0.25, 0.3) is 0 Å². The number of benzene rings is 2. The molecule has 20 heavy (non-hydrogen) atoms. The Morgan fingerprint density at radius 3 is 1.90 bits per heavy atom. The van der Waals surface area contributed by atoms with Crippen molar-refractivity contribution in [3.05, 3.63) is 64.7 Å². The molecule has 2 aromatic carbocycles. The van der Waals surface area contributed by atoms with Gasteiger partial charge in [-0.1, -0.05) is 64.1 Å². The van der Waals surface area contributed by atoms with Crippen molar-refractivity contribution >= 4 is 0 Å². The normalized spacial score (nSPS) is 11.3. The average Bonchev–Trinajstić information content (AvgIpc) is 2.41. The fourth-order valence-corrected chi connectivity index (χ4v) is 2.39. The molecule has 1 N–H and O–H groups in total. The third-order valence-electron chi connectivity index (χ3n) is 3.76. The summed E-state index contributed by atoms with van der Waals surface area (Å²) < 4.78 is 0. The van der Waals surface area contributed by atoms with Gasteiger partial charge in [-0.15, -0.1) is 0 Å². The maximum atomic E-state index is 9.93. The molecule has 0 saturated heterocycles. The average molecular weight is 268 g/mol. The molecule has 0 aliphatic heterocycles. The van der Waals surface area contributed by atoms with Crippen molar-refractivity contribution in [2.24, 2.45) is 0 Å². The van der Waals surface area contributed by atoms with Gasteiger partial charge < -0.3 is 5.11 Å². The van der Waals surface area contributed by atoms with Crippen LogP contribution in [0.15, 0.2) is 42.5 Å². The molecule has 0 unspecified atom stereocenters. The summed E-state index contributed by atoms with van der Waals surface area (Å²) in [7, 11) is 0. The van der Waals surface area contributed by atoms with Crippen LogP contribution >= 0.6 is 0 Å². The molecule has 0 aliphatic rings. The molecule has 2 rings (SSSR count). The monoisotopic (exact) mass is 268 g/mol. The second-order valence-corrected chi connectivity index (χ2v) is 6.12. The van der Waals surface area contributed by atoms with Crippen LogP contribution in [-0.2, 0) is 6.42 Å². The summed E-state index contributed by atoms with van der Waals surface area (Å²) in [5.41, 5.74) is 5.02. The molecule has 0 aliphatic carbocycles. The Morgan fingerprint density at radius 1 is 0.850 bits per heavy atom. The lowest BCUT2D eigenvalue weighted by atomic mass is 9.91. The van der Waals surface area contributed by atoms with E-state index in [0.29, 0.717) is 17.6 Å². The lowest BCUT2D eigenvalue weighted by molar-refractivity contribution is 0.469. The van der Waals surface area contributed by atoms with Crippen LogP contribution in [-0.4, -0.2) is 5.11 Å². The molecule has 0 fully saturated rings. The van der Waals surface area contributed by atoms with Crippen LogP contribution in [0.3, 0.4) is 0 Å². The number of phenols is 1. The van der Waals surface area contributed by atoms with Crippen molar-refractivity contribution < 1.29 is 5.11 Å². The first kappa shape index (κ1) is 14.6. The Kier molecular flexibility index (Phi) is 4.49. The van der Waals surface area contributed by atoms with Gasteiger partial charge in [0.2, 0.25) is 0 Å². The van der Waals surface area contributed by atoms with Gasteiger partial charge in [0.05, 0.1) is 0 Å². The molecule has 0 bridgehead atoms. The zero-order valence-electron chi connectivity index (χ0n) is 12.9. The number of hydrogen-bond acceptors (Lipinski definition) is 1. The fraction of sp³-hybridized carbons (Fsp3) is 0.368. The van der Waals surface area contributed by atoms with E-state index < -0.39 is 0 Å². The number of phenolic OH excluding ortho intramolecular Hbond substituents is 1. The van der Waals surface area contributed by atoms with E-state index in [4.69, 9.17) is 0 Å². The first-order chi connectivity index (χ1) is 9.47. The zero-order chi connectivity index (χ0) is 14.7. The van der Waals surface area contributed by atoms with E-state index in [0.717, 1.165) is 12.0 Å². The quantitative estimate of drug-likeness (QED) is 0.805. The molecule has 1 nitrogen and oxygen atoms in total. The van der Waals surface area contributed by atoms with E-state index in [1.807, 2.05) is 18.2 Å². The summed E-state index contributed by atoms with van der Waals surface area (Å²) in [5.74, 6) is 1.43. The topological polar surface area (TPSA) is 20.2 Å². The first-order valence-electron chi connectivity index (χ1n) is 7.38. The van der Waals surface area contributed by atoms with Gasteiger partial charge in [0.15, 0.2) is 0 Å². The van der Waals surface area contributed by atoms with Gasteiger partial charge in [0.1, 0.15) is 5.75 Å². The van der Waals surface area contributed by atoms with Crippen LogP contribution in [0.1, 0.15) is 61.8 Å². The predicted molar refractivity (Wildman–Crippen MR) is 85.5 cm³/mol. The minimum Gasteiger partial charge on any atom is -0.508 e. The molecule has 0 radical (unpaired) electrons. The molecular formula is C19H24O. The lowest BCUT2D eigenvalue weighted by Crippen LogP contribution is -1.98. The smallest absolute Gasteiger partial charge is 0.119 e. The fourth-order valence-electron chi connectivity index (χ4n) is 2.39. The first-order valence-corrected chi connectivity index (χ1v) is 7.38. The van der Waals surface area contributed by atoms with Crippen LogP contribution in [0.5, 0.6) is 5.75 Å². The Morgan fingerprint density at radius 2 is 1.40 bits per heavy atom. The third kappa shape index (κ3) is 3.41. The molecule has 2 aromatic rings. The van der Waals surface area contributed by atoms with Gasteiger partial charge >= 0.3 is 0 Å². The van der Waals surface area contributed by atoms with E-state index in [1.165, 1.54) is 16.7 Å². The second-order valence-electron chi connectivity index (χ2n) is 6.12. The van der Waals surface area contributed by atoms with E-state index in [2.05, 4.69) is 45.9 Å². The lowest BCUT2D eigenvalue weighted by Gasteiger charge is -2.15. The second kappa shape index (κ2) is 6.13. The summed E-state index contributed by atoms with van der Waals surface area (Å²) in [6.07, 6.45) is 0.785. The predicted octanol–water partition coefficient (Wildman–Crippen LogP) is 5.23. The van der Waals surface area contributed by atoms with E-state index in [-0.39, 0.29) is 0 Å². The number of aromatic hydroxyl groups is 1. The molecule has 0 heterocycles. The van der Waals surface area contributed by atoms with Crippen molar-refractivity contribution in [3.8, 4) is 5.75 Å². The Balaban J connectivity index is 2.38. The van der Waals surface area contributed by atoms with E-state index >= 15 is 0 Å². The minimum absolute atomic E-state index is 0.383. The van der Waals surface area contributed by atoms with Crippen molar-refractivity contribution in [2.45, 2.75) is 46.0 Å². The van der Waals surface area contributed by atoms with Gasteiger partial charge in [-0.3, -0.25) is 0 Å². The molecule has 0 atom stereocenters. The molecule has 0 amide bonds. The Bertz CT molecular complexity index is 556. The third-order valence-corrected chi connectivity index (χ3v) is 3.76. The Hall–Kier alpha value is -1.76. The van der Waals surface area contributed by atoms with Gasteiger partial charge in [0, 0.05) is 6.42 Å². The standard InChI is InChI=1S/C19H24O/c1-13(2)17-10-15(11-18(12-17)14(3)4)9-16-7-5-6-8-19(16)20/h5-8,10-14,20H,9H2,1-4H3. The highest BCUT2D eigenvalue weighted by atomic mass is 16.3. The van der Waals surface area contributed by atoms with Crippen molar-refractivity contribution in [2.75, 3.05) is 0 Å². The van der Waals surface area contributed by atoms with Gasteiger partial charge in [-0.2, -0.15) is 0 Å². The van der Waals surface area contributed by atoms with E-state index in [9.17, 15) is 5.11 Å². The Labute approximate surface area is 122 Å². The molecule has 106 valence electrons. The maximum Gasteiger partial charge on any atom is 0.119 e. The molecular weight excluding hydrogens is 244 g/mol. The summed E-state index contributed by atoms with van der Waals surface area (Å²) in [6, 6.07) is 14.4. The summed E-state index contributed by atoms with van der Waals surface area (Å²) >= 11 is 0. The van der Waals surface area contributed by atoms with Crippen LogP contribution in [0.4, 0.5) is 0 Å². The number of hydrogen-bond donors (Lipinski definition) is 1. The van der Waals surface area contributed by atoms with Crippen LogP contribution in [0, 0.1) is 0 Å². The van der Waals surface area contributed by atoms with Crippen LogP contribution < -0.4 is 0 Å². The molecule has 0 spiro atoms. The highest BCUT2D eigenvalue weighted by Crippen LogP contribution is 2.26. The zero-order valence-corrected chi connectivity index (χ0v) is 12.9. The highest BCUT2D eigenvalue weighted by molar-refractivity contribution is 5.40. The molecule has 0 aromatic heterocycles. The van der Waals surface area contributed by atoms with Gasteiger partial charge in [-0.25, -0.2) is 0 Å². The summed E-state index contributed by atoms with van der Waals surface area (Å²) in [6.45, 7) is 8.90. The highest BCUT2D eigenvalue weighted by Gasteiger charge is 2.09. The number of para-hydroxylation sites is 1. The molecule has 0 saturated carbocycles. The number of rotatable bonds is 4. The summed E-state index contributed by atoms with van der Waals surface area (Å²) in [4.78, 5) is 0. The van der Waals surface area contributed by atoms with Crippen molar-refractivity contribution in [1.29, 1.82) is 0 Å². The van der Waals surface area contributed by atoms with E-state index in [1.54, 1.807) is 6.07 Å².